The van der Waals surface area contributed by atoms with Crippen LogP contribution in [0.15, 0.2) is 0 Å². The zero-order valence-electron chi connectivity index (χ0n) is 7.40. The summed E-state index contributed by atoms with van der Waals surface area (Å²) in [6, 6.07) is 0. The van der Waals surface area contributed by atoms with E-state index >= 15 is 0 Å². The second kappa shape index (κ2) is 5.66. The number of hydrogen-bond acceptors (Lipinski definition) is 7. The Kier molecular flexibility index (Phi) is 5.24. The number of hydrogen-bond donors (Lipinski definition) is 4. The van der Waals surface area contributed by atoms with Gasteiger partial charge in [-0.25, -0.2) is 4.79 Å². The standard InChI is InChI=1S/C7H12O7/c1-14-7(13)6(12)5(11)4(10)3(9)2-8/h2-6,9-12H,1H3/t3-,4+,5-,6+/m0/s1. The zero-order chi connectivity index (χ0) is 11.3. The first kappa shape index (κ1) is 13.0. The third kappa shape index (κ3) is 3.04. The summed E-state index contributed by atoms with van der Waals surface area (Å²) in [6.07, 6.45) is -7.84. The SMILES string of the molecule is COC(=O)[C@H](O)[C@@H](O)[C@H](O)[C@@H](O)C=O. The van der Waals surface area contributed by atoms with Crippen LogP contribution in [0.1, 0.15) is 0 Å². The van der Waals surface area contributed by atoms with Gasteiger partial charge in [-0.15, -0.1) is 0 Å². The van der Waals surface area contributed by atoms with Crippen molar-refractivity contribution in [2.45, 2.75) is 24.4 Å². The molecule has 4 N–H and O–H groups in total. The van der Waals surface area contributed by atoms with Crippen molar-refractivity contribution in [3.63, 3.8) is 0 Å². The molecule has 0 radical (unpaired) electrons. The van der Waals surface area contributed by atoms with Crippen LogP contribution in [-0.4, -0.2) is 64.2 Å². The lowest BCUT2D eigenvalue weighted by atomic mass is 10.0. The van der Waals surface area contributed by atoms with Crippen LogP contribution in [0.3, 0.4) is 0 Å². The van der Waals surface area contributed by atoms with Crippen molar-refractivity contribution in [2.24, 2.45) is 0 Å². The minimum absolute atomic E-state index is 0.0299. The number of esters is 1. The average molecular weight is 208 g/mol. The monoisotopic (exact) mass is 208 g/mol. The molecule has 0 aromatic heterocycles. The minimum atomic E-state index is -2.01. The van der Waals surface area contributed by atoms with Crippen LogP contribution in [0.2, 0.25) is 0 Å². The molecule has 82 valence electrons. The number of methoxy groups -OCH3 is 1. The topological polar surface area (TPSA) is 124 Å². The summed E-state index contributed by atoms with van der Waals surface area (Å²) in [5.74, 6) is -1.17. The van der Waals surface area contributed by atoms with Gasteiger partial charge in [0, 0.05) is 0 Å². The molecule has 14 heavy (non-hydrogen) atoms. The van der Waals surface area contributed by atoms with Gasteiger partial charge in [0.1, 0.15) is 18.3 Å². The second-order valence-corrected chi connectivity index (χ2v) is 2.58. The first-order valence-electron chi connectivity index (χ1n) is 3.71. The summed E-state index contributed by atoms with van der Waals surface area (Å²) in [4.78, 5) is 20.6. The molecule has 0 saturated heterocycles. The summed E-state index contributed by atoms with van der Waals surface area (Å²) in [5, 5.41) is 35.8. The van der Waals surface area contributed by atoms with Crippen molar-refractivity contribution in [2.75, 3.05) is 7.11 Å². The van der Waals surface area contributed by atoms with Crippen molar-refractivity contribution in [3.8, 4) is 0 Å². The Hall–Kier alpha value is -1.02. The number of carbonyl (C=O) groups excluding carboxylic acids is 2. The molecule has 0 aromatic rings. The third-order valence-corrected chi connectivity index (χ3v) is 1.61. The lowest BCUT2D eigenvalue weighted by Crippen LogP contribution is -2.48. The Bertz CT molecular complexity index is 204. The molecule has 0 saturated carbocycles. The number of rotatable bonds is 5. The molecule has 0 fully saturated rings. The molecule has 0 bridgehead atoms. The molecular weight excluding hydrogens is 196 g/mol. The van der Waals surface area contributed by atoms with Gasteiger partial charge in [-0.05, 0) is 0 Å². The highest BCUT2D eigenvalue weighted by Crippen LogP contribution is 2.05. The van der Waals surface area contributed by atoms with E-state index in [0.717, 1.165) is 7.11 Å². The summed E-state index contributed by atoms with van der Waals surface area (Å²) in [7, 11) is 0.973. The highest BCUT2D eigenvalue weighted by atomic mass is 16.5. The van der Waals surface area contributed by atoms with E-state index in [4.69, 9.17) is 20.4 Å². The fourth-order valence-electron chi connectivity index (χ4n) is 0.729. The van der Waals surface area contributed by atoms with E-state index in [1.54, 1.807) is 0 Å². The van der Waals surface area contributed by atoms with E-state index in [1.165, 1.54) is 0 Å². The molecular formula is C7H12O7. The molecule has 0 aromatic carbocycles. The molecule has 0 rings (SSSR count). The minimum Gasteiger partial charge on any atom is -0.467 e. The second-order valence-electron chi connectivity index (χ2n) is 2.58. The van der Waals surface area contributed by atoms with Crippen molar-refractivity contribution in [1.29, 1.82) is 0 Å². The largest absolute Gasteiger partial charge is 0.467 e. The Morgan fingerprint density at radius 2 is 1.71 bits per heavy atom. The first-order valence-corrected chi connectivity index (χ1v) is 3.71. The summed E-state index contributed by atoms with van der Waals surface area (Å²) in [6.45, 7) is 0. The van der Waals surface area contributed by atoms with Crippen LogP contribution in [0, 0.1) is 0 Å². The third-order valence-electron chi connectivity index (χ3n) is 1.61. The maximum atomic E-state index is 10.7. The predicted octanol–water partition coefficient (Wildman–Crippen LogP) is -3.20. The summed E-state index contributed by atoms with van der Waals surface area (Å²) in [5.41, 5.74) is 0. The molecule has 7 nitrogen and oxygen atoms in total. The van der Waals surface area contributed by atoms with E-state index in [2.05, 4.69) is 4.74 Å². The van der Waals surface area contributed by atoms with Gasteiger partial charge in [0.2, 0.25) is 0 Å². The Labute approximate surface area is 79.5 Å². The summed E-state index contributed by atoms with van der Waals surface area (Å²) >= 11 is 0. The summed E-state index contributed by atoms with van der Waals surface area (Å²) < 4.78 is 4.07. The Balaban J connectivity index is 4.37. The first-order chi connectivity index (χ1) is 6.45. The fraction of sp³-hybridized carbons (Fsp3) is 0.714. The molecule has 0 aliphatic rings. The molecule has 0 aliphatic heterocycles. The van der Waals surface area contributed by atoms with Gasteiger partial charge in [0.15, 0.2) is 12.4 Å². The van der Waals surface area contributed by atoms with Crippen molar-refractivity contribution in [1.82, 2.24) is 0 Å². The average Bonchev–Trinajstić information content (AvgIpc) is 2.23. The molecule has 0 aliphatic carbocycles. The molecule has 0 heterocycles. The van der Waals surface area contributed by atoms with Crippen molar-refractivity contribution in [3.05, 3.63) is 0 Å². The number of aliphatic hydroxyl groups excluding tert-OH is 4. The number of aldehydes is 1. The van der Waals surface area contributed by atoms with Crippen LogP contribution in [0.25, 0.3) is 0 Å². The van der Waals surface area contributed by atoms with E-state index in [9.17, 15) is 9.59 Å². The normalized spacial score (nSPS) is 19.2. The van der Waals surface area contributed by atoms with E-state index in [-0.39, 0.29) is 6.29 Å². The Morgan fingerprint density at radius 1 is 1.21 bits per heavy atom. The van der Waals surface area contributed by atoms with Crippen LogP contribution in [0.5, 0.6) is 0 Å². The van der Waals surface area contributed by atoms with Gasteiger partial charge in [-0.3, -0.25) is 0 Å². The van der Waals surface area contributed by atoms with Gasteiger partial charge in [0.25, 0.3) is 0 Å². The van der Waals surface area contributed by atoms with Crippen LogP contribution >= 0.6 is 0 Å². The molecule has 4 atom stereocenters. The maximum Gasteiger partial charge on any atom is 0.337 e. The molecule has 0 unspecified atom stereocenters. The van der Waals surface area contributed by atoms with Crippen LogP contribution in [0.4, 0.5) is 0 Å². The van der Waals surface area contributed by atoms with Gasteiger partial charge in [-0.1, -0.05) is 0 Å². The lowest BCUT2D eigenvalue weighted by molar-refractivity contribution is -0.166. The van der Waals surface area contributed by atoms with Crippen LogP contribution in [-0.2, 0) is 14.3 Å². The zero-order valence-corrected chi connectivity index (χ0v) is 7.40. The Morgan fingerprint density at radius 3 is 2.07 bits per heavy atom. The number of aliphatic hydroxyl groups is 4. The van der Waals surface area contributed by atoms with Crippen molar-refractivity contribution < 1.29 is 34.8 Å². The van der Waals surface area contributed by atoms with E-state index < -0.39 is 30.4 Å². The molecule has 0 spiro atoms. The maximum absolute atomic E-state index is 10.7. The van der Waals surface area contributed by atoms with Gasteiger partial charge < -0.3 is 30.0 Å². The predicted molar refractivity (Wildman–Crippen MR) is 42.1 cm³/mol. The number of ether oxygens (including phenoxy) is 1. The lowest BCUT2D eigenvalue weighted by Gasteiger charge is -2.22. The van der Waals surface area contributed by atoms with Gasteiger partial charge in [-0.2, -0.15) is 0 Å². The fourth-order valence-corrected chi connectivity index (χ4v) is 0.729. The molecule has 0 amide bonds. The highest BCUT2D eigenvalue weighted by molar-refractivity contribution is 5.75. The molecule has 7 heteroatoms. The quantitative estimate of drug-likeness (QED) is 0.277. The van der Waals surface area contributed by atoms with Gasteiger partial charge >= 0.3 is 5.97 Å². The van der Waals surface area contributed by atoms with Crippen molar-refractivity contribution >= 4 is 12.3 Å². The van der Waals surface area contributed by atoms with E-state index in [1.807, 2.05) is 0 Å². The van der Waals surface area contributed by atoms with E-state index in [0.29, 0.717) is 0 Å². The number of carbonyl (C=O) groups is 2. The smallest absolute Gasteiger partial charge is 0.337 e. The van der Waals surface area contributed by atoms with Gasteiger partial charge in [0.05, 0.1) is 7.11 Å². The highest BCUT2D eigenvalue weighted by Gasteiger charge is 2.34. The van der Waals surface area contributed by atoms with Crippen LogP contribution < -0.4 is 0 Å².